The lowest BCUT2D eigenvalue weighted by molar-refractivity contribution is 0.117. The van der Waals surface area contributed by atoms with Gasteiger partial charge in [-0.25, -0.2) is 9.97 Å². The monoisotopic (exact) mass is 277 g/mol. The topological polar surface area (TPSA) is 47.0 Å². The maximum absolute atomic E-state index is 5.28. The summed E-state index contributed by atoms with van der Waals surface area (Å²) in [5.74, 6) is 1.65. The molecule has 1 heterocycles. The van der Waals surface area contributed by atoms with E-state index in [0.717, 1.165) is 44.1 Å². The van der Waals surface area contributed by atoms with Crippen LogP contribution in [0.3, 0.4) is 0 Å². The summed E-state index contributed by atoms with van der Waals surface area (Å²) in [6, 6.07) is 0. The van der Waals surface area contributed by atoms with E-state index in [1.165, 1.54) is 24.1 Å². The summed E-state index contributed by atoms with van der Waals surface area (Å²) in [4.78, 5) is 9.22. The van der Waals surface area contributed by atoms with E-state index in [0.29, 0.717) is 0 Å². The van der Waals surface area contributed by atoms with Gasteiger partial charge in [0.25, 0.3) is 0 Å². The molecule has 0 aliphatic heterocycles. The molecule has 0 spiro atoms. The van der Waals surface area contributed by atoms with Gasteiger partial charge in [0, 0.05) is 25.4 Å². The van der Waals surface area contributed by atoms with Gasteiger partial charge in [-0.3, -0.25) is 0 Å². The number of methoxy groups -OCH3 is 1. The zero-order valence-corrected chi connectivity index (χ0v) is 13.0. The van der Waals surface area contributed by atoms with Gasteiger partial charge < -0.3 is 10.1 Å². The highest BCUT2D eigenvalue weighted by molar-refractivity contribution is 5.21. The summed E-state index contributed by atoms with van der Waals surface area (Å²) in [5.41, 5.74) is 2.60. The fraction of sp³-hybridized carbons (Fsp3) is 0.750. The molecule has 1 aromatic rings. The van der Waals surface area contributed by atoms with E-state index < -0.39 is 0 Å². The molecule has 4 heteroatoms. The first-order valence-corrected chi connectivity index (χ1v) is 7.80. The number of nitrogens with one attached hydrogen (secondary N) is 1. The molecular weight excluding hydrogens is 250 g/mol. The van der Waals surface area contributed by atoms with E-state index in [1.54, 1.807) is 7.11 Å². The van der Waals surface area contributed by atoms with Crippen LogP contribution in [0.25, 0.3) is 0 Å². The number of ether oxygens (including phenoxy) is 1. The minimum atomic E-state index is 0.183. The minimum Gasteiger partial charge on any atom is -0.381 e. The summed E-state index contributed by atoms with van der Waals surface area (Å²) in [7, 11) is 1.73. The second kappa shape index (κ2) is 7.70. The molecule has 0 radical (unpaired) electrons. The van der Waals surface area contributed by atoms with Crippen molar-refractivity contribution in [2.24, 2.45) is 5.92 Å². The maximum Gasteiger partial charge on any atom is 0.131 e. The van der Waals surface area contributed by atoms with Crippen LogP contribution in [0.5, 0.6) is 0 Å². The Labute approximate surface area is 122 Å². The highest BCUT2D eigenvalue weighted by atomic mass is 16.5. The highest BCUT2D eigenvalue weighted by Crippen LogP contribution is 2.23. The minimum absolute atomic E-state index is 0.183. The van der Waals surface area contributed by atoms with Crippen molar-refractivity contribution in [3.8, 4) is 0 Å². The van der Waals surface area contributed by atoms with Gasteiger partial charge in [0.05, 0.1) is 6.10 Å². The lowest BCUT2D eigenvalue weighted by atomic mass is 9.87. The normalized spacial score (nSPS) is 19.6. The molecule has 0 fully saturated rings. The number of nitrogens with zero attached hydrogens (tertiary/aromatic N) is 2. The molecule has 0 saturated carbocycles. The zero-order valence-electron chi connectivity index (χ0n) is 13.0. The fourth-order valence-electron chi connectivity index (χ4n) is 2.72. The molecule has 2 unspecified atom stereocenters. The molecule has 0 aromatic carbocycles. The predicted molar refractivity (Wildman–Crippen MR) is 80.9 cm³/mol. The molecule has 0 amide bonds. The maximum atomic E-state index is 5.28. The van der Waals surface area contributed by atoms with Gasteiger partial charge in [0.1, 0.15) is 5.82 Å². The van der Waals surface area contributed by atoms with Gasteiger partial charge in [-0.1, -0.05) is 6.92 Å². The van der Waals surface area contributed by atoms with Gasteiger partial charge in [-0.15, -0.1) is 0 Å². The van der Waals surface area contributed by atoms with Crippen molar-refractivity contribution >= 4 is 0 Å². The summed E-state index contributed by atoms with van der Waals surface area (Å²) < 4.78 is 5.28. The van der Waals surface area contributed by atoms with Crippen LogP contribution in [0.1, 0.15) is 43.8 Å². The Balaban J connectivity index is 1.93. The van der Waals surface area contributed by atoms with Gasteiger partial charge in [-0.05, 0) is 57.2 Å². The average molecular weight is 277 g/mol. The van der Waals surface area contributed by atoms with Crippen LogP contribution in [0.15, 0.2) is 6.20 Å². The van der Waals surface area contributed by atoms with Gasteiger partial charge in [-0.2, -0.15) is 0 Å². The number of hydrogen-bond donors (Lipinski definition) is 1. The summed E-state index contributed by atoms with van der Waals surface area (Å²) in [6.45, 7) is 6.50. The Kier molecular flexibility index (Phi) is 5.92. The first kappa shape index (κ1) is 15.4. The SMILES string of the molecule is CCCNCC1CCc2nc(CC(C)OC)ncc2C1. The fourth-order valence-corrected chi connectivity index (χ4v) is 2.72. The standard InChI is InChI=1S/C16H27N3O/c1-4-7-17-10-13-5-6-15-14(9-13)11-18-16(19-15)8-12(2)20-3/h11-13,17H,4-10H2,1-3H3. The lowest BCUT2D eigenvalue weighted by Crippen LogP contribution is -2.28. The molecule has 112 valence electrons. The van der Waals surface area contributed by atoms with Crippen molar-refractivity contribution in [3.63, 3.8) is 0 Å². The summed E-state index contributed by atoms with van der Waals surface area (Å²) in [6.07, 6.45) is 7.66. The van der Waals surface area contributed by atoms with Crippen molar-refractivity contribution in [3.05, 3.63) is 23.3 Å². The van der Waals surface area contributed by atoms with Crippen LogP contribution in [0, 0.1) is 5.92 Å². The third-order valence-electron chi connectivity index (χ3n) is 4.03. The number of aryl methyl sites for hydroxylation is 1. The van der Waals surface area contributed by atoms with E-state index in [4.69, 9.17) is 9.72 Å². The molecule has 0 saturated heterocycles. The van der Waals surface area contributed by atoms with Gasteiger partial charge >= 0.3 is 0 Å². The van der Waals surface area contributed by atoms with Crippen molar-refractivity contribution in [1.29, 1.82) is 0 Å². The van der Waals surface area contributed by atoms with Crippen LogP contribution in [0.2, 0.25) is 0 Å². The molecule has 1 aromatic heterocycles. The first-order valence-electron chi connectivity index (χ1n) is 7.80. The summed E-state index contributed by atoms with van der Waals surface area (Å²) in [5, 5.41) is 3.52. The quantitative estimate of drug-likeness (QED) is 0.776. The van der Waals surface area contributed by atoms with E-state index in [2.05, 4.69) is 24.1 Å². The van der Waals surface area contributed by atoms with Crippen molar-refractivity contribution in [1.82, 2.24) is 15.3 Å². The molecule has 2 rings (SSSR count). The van der Waals surface area contributed by atoms with E-state index >= 15 is 0 Å². The number of fused-ring (bicyclic) bond motifs is 1. The van der Waals surface area contributed by atoms with Crippen molar-refractivity contribution in [2.75, 3.05) is 20.2 Å². The predicted octanol–water partition coefficient (Wildman–Crippen LogP) is 2.16. The second-order valence-corrected chi connectivity index (χ2v) is 5.82. The smallest absolute Gasteiger partial charge is 0.131 e. The Morgan fingerprint density at radius 3 is 3.10 bits per heavy atom. The summed E-state index contributed by atoms with van der Waals surface area (Å²) >= 11 is 0. The lowest BCUT2D eigenvalue weighted by Gasteiger charge is -2.24. The number of hydrogen-bond acceptors (Lipinski definition) is 4. The third-order valence-corrected chi connectivity index (χ3v) is 4.03. The van der Waals surface area contributed by atoms with Crippen molar-refractivity contribution < 1.29 is 4.74 Å². The molecule has 1 aliphatic rings. The number of rotatable bonds is 7. The molecular formula is C16H27N3O. The van der Waals surface area contributed by atoms with Gasteiger partial charge in [0.15, 0.2) is 0 Å². The number of aromatic nitrogens is 2. The van der Waals surface area contributed by atoms with Crippen LogP contribution >= 0.6 is 0 Å². The highest BCUT2D eigenvalue weighted by Gasteiger charge is 2.20. The Morgan fingerprint density at radius 2 is 2.35 bits per heavy atom. The third kappa shape index (κ3) is 4.25. The molecule has 0 bridgehead atoms. The van der Waals surface area contributed by atoms with E-state index in [1.807, 2.05) is 6.20 Å². The largest absolute Gasteiger partial charge is 0.381 e. The van der Waals surface area contributed by atoms with Crippen LogP contribution in [-0.4, -0.2) is 36.3 Å². The second-order valence-electron chi connectivity index (χ2n) is 5.82. The average Bonchev–Trinajstić information content (AvgIpc) is 2.47. The molecule has 20 heavy (non-hydrogen) atoms. The first-order chi connectivity index (χ1) is 9.72. The van der Waals surface area contributed by atoms with E-state index in [-0.39, 0.29) is 6.10 Å². The van der Waals surface area contributed by atoms with E-state index in [9.17, 15) is 0 Å². The van der Waals surface area contributed by atoms with Crippen LogP contribution in [0.4, 0.5) is 0 Å². The Morgan fingerprint density at radius 1 is 1.50 bits per heavy atom. The molecule has 1 N–H and O–H groups in total. The molecule has 1 aliphatic carbocycles. The Bertz CT molecular complexity index is 422. The molecule has 4 nitrogen and oxygen atoms in total. The van der Waals surface area contributed by atoms with Crippen LogP contribution < -0.4 is 5.32 Å². The van der Waals surface area contributed by atoms with Crippen molar-refractivity contribution in [2.45, 2.75) is 52.1 Å². The molecule has 2 atom stereocenters. The van der Waals surface area contributed by atoms with Crippen LogP contribution in [-0.2, 0) is 24.0 Å². The Hall–Kier alpha value is -1.00. The zero-order chi connectivity index (χ0) is 14.4. The van der Waals surface area contributed by atoms with Gasteiger partial charge in [0.2, 0.25) is 0 Å².